The molecule has 0 bridgehead atoms. The van der Waals surface area contributed by atoms with Crippen LogP contribution in [0.1, 0.15) is 25.9 Å². The molecule has 2 amide bonds. The normalized spacial score (nSPS) is 15.6. The SMILES string of the molecule is Cc1nnsc1C(=O)N/C(C(=O)N1CCOCC1)=C(\Br)c1snnc1C. The van der Waals surface area contributed by atoms with Crippen molar-refractivity contribution in [2.75, 3.05) is 26.3 Å². The number of aryl methyl sites for hydroxylation is 2. The first-order chi connectivity index (χ1) is 12.5. The molecule has 3 rings (SSSR count). The van der Waals surface area contributed by atoms with Gasteiger partial charge >= 0.3 is 0 Å². The summed E-state index contributed by atoms with van der Waals surface area (Å²) in [5.74, 6) is -0.724. The standard InChI is InChI=1S/C14H15BrN6O3S2/c1-7-11(25-19-17-7)9(15)10(14(23)21-3-5-24-6-4-21)16-13(22)12-8(2)18-20-26-12/h3-6H2,1-2H3,(H,16,22)/b10-9-. The fraction of sp³-hybridized carbons (Fsp3) is 0.429. The van der Waals surface area contributed by atoms with Gasteiger partial charge in [-0.3, -0.25) is 9.59 Å². The first kappa shape index (κ1) is 19.0. The summed E-state index contributed by atoms with van der Waals surface area (Å²) in [6.07, 6.45) is 0. The van der Waals surface area contributed by atoms with Crippen molar-refractivity contribution in [2.24, 2.45) is 0 Å². The average Bonchev–Trinajstić information content (AvgIpc) is 3.27. The van der Waals surface area contributed by atoms with Crippen LogP contribution in [0.25, 0.3) is 4.48 Å². The number of nitrogens with one attached hydrogen (secondary N) is 1. The minimum atomic E-state index is -0.429. The lowest BCUT2D eigenvalue weighted by atomic mass is 10.2. The van der Waals surface area contributed by atoms with Gasteiger partial charge in [-0.05, 0) is 52.8 Å². The molecule has 1 aliphatic rings. The van der Waals surface area contributed by atoms with Crippen molar-refractivity contribution in [1.82, 2.24) is 29.4 Å². The zero-order valence-corrected chi connectivity index (χ0v) is 17.2. The summed E-state index contributed by atoms with van der Waals surface area (Å²) >= 11 is 5.57. The summed E-state index contributed by atoms with van der Waals surface area (Å²) < 4.78 is 13.4. The second kappa shape index (κ2) is 8.29. The molecule has 12 heteroatoms. The predicted molar refractivity (Wildman–Crippen MR) is 100 cm³/mol. The molecule has 9 nitrogen and oxygen atoms in total. The summed E-state index contributed by atoms with van der Waals surface area (Å²) in [5, 5.41) is 10.5. The van der Waals surface area contributed by atoms with Crippen molar-refractivity contribution >= 4 is 55.3 Å². The van der Waals surface area contributed by atoms with Crippen LogP contribution in [0.4, 0.5) is 0 Å². The van der Waals surface area contributed by atoms with Crippen LogP contribution in [-0.4, -0.2) is 62.2 Å². The van der Waals surface area contributed by atoms with Gasteiger partial charge < -0.3 is 15.0 Å². The quantitative estimate of drug-likeness (QED) is 0.688. The van der Waals surface area contributed by atoms with Gasteiger partial charge in [0.15, 0.2) is 0 Å². The third-order valence-electron chi connectivity index (χ3n) is 3.68. The molecule has 1 N–H and O–H groups in total. The lowest BCUT2D eigenvalue weighted by molar-refractivity contribution is -0.131. The smallest absolute Gasteiger partial charge is 0.271 e. The minimum Gasteiger partial charge on any atom is -0.378 e. The van der Waals surface area contributed by atoms with Crippen LogP contribution in [0.2, 0.25) is 0 Å². The van der Waals surface area contributed by atoms with Gasteiger partial charge in [0, 0.05) is 13.1 Å². The number of hydrogen-bond donors (Lipinski definition) is 1. The van der Waals surface area contributed by atoms with E-state index in [1.807, 2.05) is 0 Å². The number of halogens is 1. The molecule has 1 saturated heterocycles. The molecule has 2 aromatic rings. The van der Waals surface area contributed by atoms with Crippen LogP contribution in [0.15, 0.2) is 5.70 Å². The van der Waals surface area contributed by atoms with Gasteiger partial charge in [0.05, 0.1) is 34.0 Å². The van der Waals surface area contributed by atoms with Crippen molar-refractivity contribution in [3.05, 3.63) is 26.8 Å². The van der Waals surface area contributed by atoms with E-state index in [4.69, 9.17) is 4.74 Å². The molecule has 0 aromatic carbocycles. The molecule has 0 atom stereocenters. The summed E-state index contributed by atoms with van der Waals surface area (Å²) in [5.41, 5.74) is 1.32. The molecule has 0 aliphatic carbocycles. The van der Waals surface area contributed by atoms with Crippen molar-refractivity contribution in [2.45, 2.75) is 13.8 Å². The largest absolute Gasteiger partial charge is 0.378 e. The fourth-order valence-electron chi connectivity index (χ4n) is 2.28. The number of nitrogens with zero attached hydrogens (tertiary/aromatic N) is 5. The van der Waals surface area contributed by atoms with Crippen LogP contribution in [0.5, 0.6) is 0 Å². The first-order valence-corrected chi connectivity index (χ1v) is 9.99. The van der Waals surface area contributed by atoms with E-state index in [0.29, 0.717) is 51.9 Å². The third kappa shape index (κ3) is 3.98. The van der Waals surface area contributed by atoms with E-state index in [2.05, 4.69) is 40.4 Å². The second-order valence-electron chi connectivity index (χ2n) is 5.42. The highest BCUT2D eigenvalue weighted by Crippen LogP contribution is 2.30. The van der Waals surface area contributed by atoms with Crippen LogP contribution in [-0.2, 0) is 9.53 Å². The zero-order chi connectivity index (χ0) is 18.7. The van der Waals surface area contributed by atoms with Crippen molar-refractivity contribution in [3.8, 4) is 0 Å². The van der Waals surface area contributed by atoms with E-state index in [0.717, 1.165) is 23.1 Å². The Bertz CT molecular complexity index is 858. The second-order valence-corrected chi connectivity index (χ2v) is 7.72. The maximum absolute atomic E-state index is 13.0. The van der Waals surface area contributed by atoms with E-state index in [1.165, 1.54) is 0 Å². The topological polar surface area (TPSA) is 110 Å². The van der Waals surface area contributed by atoms with Gasteiger partial charge in [0.2, 0.25) is 0 Å². The highest BCUT2D eigenvalue weighted by molar-refractivity contribution is 9.15. The summed E-state index contributed by atoms with van der Waals surface area (Å²) in [6.45, 7) is 5.32. The van der Waals surface area contributed by atoms with Crippen molar-refractivity contribution in [3.63, 3.8) is 0 Å². The van der Waals surface area contributed by atoms with Gasteiger partial charge in [-0.2, -0.15) is 0 Å². The number of aromatic nitrogens is 4. The van der Waals surface area contributed by atoms with Crippen LogP contribution in [0, 0.1) is 13.8 Å². The van der Waals surface area contributed by atoms with Crippen molar-refractivity contribution in [1.29, 1.82) is 0 Å². The maximum atomic E-state index is 13.0. The third-order valence-corrected chi connectivity index (χ3v) is 6.41. The van der Waals surface area contributed by atoms with Crippen LogP contribution >= 0.6 is 39.0 Å². The molecule has 1 fully saturated rings. The van der Waals surface area contributed by atoms with E-state index in [9.17, 15) is 9.59 Å². The Hall–Kier alpha value is -1.76. The monoisotopic (exact) mass is 458 g/mol. The maximum Gasteiger partial charge on any atom is 0.271 e. The molecule has 26 heavy (non-hydrogen) atoms. The first-order valence-electron chi connectivity index (χ1n) is 7.65. The van der Waals surface area contributed by atoms with Gasteiger partial charge in [0.1, 0.15) is 10.6 Å². The molecule has 0 spiro atoms. The fourth-order valence-corrected chi connectivity index (χ4v) is 4.21. The number of amides is 2. The number of morpholine rings is 1. The van der Waals surface area contributed by atoms with Gasteiger partial charge in [-0.1, -0.05) is 8.98 Å². The molecular formula is C14H15BrN6O3S2. The summed E-state index contributed by atoms with van der Waals surface area (Å²) in [4.78, 5) is 28.3. The zero-order valence-electron chi connectivity index (χ0n) is 14.0. The van der Waals surface area contributed by atoms with Crippen LogP contribution in [0.3, 0.4) is 0 Å². The Labute approximate surface area is 165 Å². The molecule has 2 aromatic heterocycles. The number of hydrogen-bond acceptors (Lipinski definition) is 9. The Morgan fingerprint density at radius 2 is 1.65 bits per heavy atom. The molecule has 0 saturated carbocycles. The molecule has 3 heterocycles. The van der Waals surface area contributed by atoms with Gasteiger partial charge in [-0.25, -0.2) is 0 Å². The summed E-state index contributed by atoms with van der Waals surface area (Å²) in [7, 11) is 0. The van der Waals surface area contributed by atoms with Crippen LogP contribution < -0.4 is 5.32 Å². The highest BCUT2D eigenvalue weighted by atomic mass is 79.9. The van der Waals surface area contributed by atoms with Gasteiger partial charge in [0.25, 0.3) is 11.8 Å². The Morgan fingerprint density at radius 3 is 2.19 bits per heavy atom. The van der Waals surface area contributed by atoms with E-state index < -0.39 is 5.91 Å². The Kier molecular flexibility index (Phi) is 6.06. The van der Waals surface area contributed by atoms with Gasteiger partial charge in [-0.15, -0.1) is 10.2 Å². The number of carbonyl (C=O) groups is 2. The lowest BCUT2D eigenvalue weighted by Gasteiger charge is -2.28. The molecule has 0 unspecified atom stereocenters. The number of ether oxygens (including phenoxy) is 1. The van der Waals surface area contributed by atoms with E-state index >= 15 is 0 Å². The molecule has 138 valence electrons. The number of carbonyl (C=O) groups excluding carboxylic acids is 2. The molecule has 1 aliphatic heterocycles. The molecule has 0 radical (unpaired) electrons. The van der Waals surface area contributed by atoms with E-state index in [1.54, 1.807) is 18.7 Å². The number of rotatable bonds is 4. The summed E-state index contributed by atoms with van der Waals surface area (Å²) in [6, 6.07) is 0. The van der Waals surface area contributed by atoms with E-state index in [-0.39, 0.29) is 11.6 Å². The highest BCUT2D eigenvalue weighted by Gasteiger charge is 2.27. The van der Waals surface area contributed by atoms with Crippen molar-refractivity contribution < 1.29 is 14.3 Å². The average molecular weight is 459 g/mol. The molecular weight excluding hydrogens is 444 g/mol. The predicted octanol–water partition coefficient (Wildman–Crippen LogP) is 1.36. The Morgan fingerprint density at radius 1 is 1.08 bits per heavy atom. The lowest BCUT2D eigenvalue weighted by Crippen LogP contribution is -2.44. The Balaban J connectivity index is 1.96. The minimum absolute atomic E-state index is 0.138.